The smallest absolute Gasteiger partial charge is 0.253 e. The first kappa shape index (κ1) is 18.2. The van der Waals surface area contributed by atoms with Gasteiger partial charge in [-0.05, 0) is 54.3 Å². The summed E-state index contributed by atoms with van der Waals surface area (Å²) >= 11 is 0. The predicted molar refractivity (Wildman–Crippen MR) is 110 cm³/mol. The molecule has 1 atom stereocenters. The van der Waals surface area contributed by atoms with Gasteiger partial charge in [-0.3, -0.25) is 9.59 Å². The second-order valence-electron chi connectivity index (χ2n) is 7.36. The topological polar surface area (TPSA) is 62.3 Å². The number of likely N-dealkylation sites (tertiary alicyclic amines) is 1. The zero-order valence-corrected chi connectivity index (χ0v) is 15.9. The molecule has 5 heteroatoms. The van der Waals surface area contributed by atoms with Crippen LogP contribution in [0.5, 0.6) is 0 Å². The van der Waals surface area contributed by atoms with Gasteiger partial charge in [-0.2, -0.15) is 0 Å². The van der Waals surface area contributed by atoms with Gasteiger partial charge in [0.05, 0.1) is 5.92 Å². The summed E-state index contributed by atoms with van der Waals surface area (Å²) in [6, 6.07) is 17.5. The summed E-state index contributed by atoms with van der Waals surface area (Å²) in [5.74, 6) is 0.235. The molecule has 3 aromatic rings. The Hall–Kier alpha value is -3.21. The molecule has 2 aromatic carbocycles. The predicted octanol–water partition coefficient (Wildman–Crippen LogP) is 4.03. The molecule has 1 unspecified atom stereocenters. The monoisotopic (exact) mass is 373 g/mol. The van der Waals surface area contributed by atoms with Crippen molar-refractivity contribution in [1.82, 2.24) is 9.88 Å². The summed E-state index contributed by atoms with van der Waals surface area (Å²) in [5, 5.41) is 5.03. The number of rotatable bonds is 3. The Bertz CT molecular complexity index is 1010. The lowest BCUT2D eigenvalue weighted by atomic mass is 9.96. The molecule has 5 nitrogen and oxygen atoms in total. The number of hydrogen-bond donors (Lipinski definition) is 1. The van der Waals surface area contributed by atoms with Crippen LogP contribution in [0, 0.1) is 12.8 Å². The van der Waals surface area contributed by atoms with E-state index < -0.39 is 0 Å². The van der Waals surface area contributed by atoms with Crippen molar-refractivity contribution in [2.45, 2.75) is 19.8 Å². The van der Waals surface area contributed by atoms with Gasteiger partial charge in [-0.15, -0.1) is 0 Å². The van der Waals surface area contributed by atoms with Crippen molar-refractivity contribution in [3.8, 4) is 0 Å². The van der Waals surface area contributed by atoms with Crippen LogP contribution in [0.1, 0.15) is 28.8 Å². The Morgan fingerprint density at radius 3 is 2.68 bits per heavy atom. The van der Waals surface area contributed by atoms with Crippen molar-refractivity contribution in [1.29, 1.82) is 0 Å². The van der Waals surface area contributed by atoms with Crippen molar-refractivity contribution >= 4 is 28.4 Å². The summed E-state index contributed by atoms with van der Waals surface area (Å²) in [4.78, 5) is 31.7. The average Bonchev–Trinajstić information content (AvgIpc) is 2.74. The summed E-state index contributed by atoms with van der Waals surface area (Å²) in [7, 11) is 0. The first-order valence-corrected chi connectivity index (χ1v) is 9.62. The van der Waals surface area contributed by atoms with E-state index in [-0.39, 0.29) is 17.7 Å². The zero-order valence-electron chi connectivity index (χ0n) is 15.9. The molecule has 1 saturated heterocycles. The third-order valence-corrected chi connectivity index (χ3v) is 5.24. The van der Waals surface area contributed by atoms with Gasteiger partial charge in [-0.25, -0.2) is 4.98 Å². The van der Waals surface area contributed by atoms with Gasteiger partial charge in [0.1, 0.15) is 5.82 Å². The molecule has 1 aliphatic rings. The fraction of sp³-hybridized carbons (Fsp3) is 0.261. The third kappa shape index (κ3) is 3.88. The molecule has 0 radical (unpaired) electrons. The largest absolute Gasteiger partial charge is 0.338 e. The number of pyridine rings is 1. The normalized spacial score (nSPS) is 16.8. The van der Waals surface area contributed by atoms with Crippen LogP contribution < -0.4 is 5.32 Å². The Labute approximate surface area is 164 Å². The summed E-state index contributed by atoms with van der Waals surface area (Å²) in [6.07, 6.45) is 3.32. The van der Waals surface area contributed by atoms with Crippen molar-refractivity contribution in [2.75, 3.05) is 18.4 Å². The van der Waals surface area contributed by atoms with Crippen molar-refractivity contribution in [2.24, 2.45) is 5.92 Å². The number of hydrogen-bond acceptors (Lipinski definition) is 3. The van der Waals surface area contributed by atoms with Crippen molar-refractivity contribution < 1.29 is 9.59 Å². The fourth-order valence-corrected chi connectivity index (χ4v) is 3.65. The van der Waals surface area contributed by atoms with E-state index in [1.54, 1.807) is 17.2 Å². The summed E-state index contributed by atoms with van der Waals surface area (Å²) in [6.45, 7) is 3.07. The third-order valence-electron chi connectivity index (χ3n) is 5.24. The second-order valence-corrected chi connectivity index (χ2v) is 7.36. The van der Waals surface area contributed by atoms with Crippen LogP contribution in [-0.2, 0) is 4.79 Å². The van der Waals surface area contributed by atoms with E-state index in [0.29, 0.717) is 24.5 Å². The number of carbonyl (C=O) groups excluding carboxylic acids is 2. The van der Waals surface area contributed by atoms with Gasteiger partial charge < -0.3 is 10.2 Å². The number of carbonyl (C=O) groups is 2. The highest BCUT2D eigenvalue weighted by atomic mass is 16.2. The Kier molecular flexibility index (Phi) is 5.06. The molecule has 0 aliphatic carbocycles. The van der Waals surface area contributed by atoms with Crippen LogP contribution in [0.4, 0.5) is 5.82 Å². The van der Waals surface area contributed by atoms with Crippen LogP contribution in [-0.4, -0.2) is 34.8 Å². The number of anilines is 1. The van der Waals surface area contributed by atoms with Gasteiger partial charge >= 0.3 is 0 Å². The molecule has 0 bridgehead atoms. The summed E-state index contributed by atoms with van der Waals surface area (Å²) in [5.41, 5.74) is 1.71. The zero-order chi connectivity index (χ0) is 19.5. The quantitative estimate of drug-likeness (QED) is 0.754. The average molecular weight is 373 g/mol. The minimum atomic E-state index is -0.221. The lowest BCUT2D eigenvalue weighted by molar-refractivity contribution is -0.121. The van der Waals surface area contributed by atoms with Gasteiger partial charge in [0.25, 0.3) is 5.91 Å². The molecular formula is C23H23N3O2. The Morgan fingerprint density at radius 1 is 1.07 bits per heavy atom. The van der Waals surface area contributed by atoms with Crippen LogP contribution in [0.2, 0.25) is 0 Å². The molecule has 1 N–H and O–H groups in total. The number of fused-ring (bicyclic) bond motifs is 1. The molecular weight excluding hydrogens is 350 g/mol. The number of nitrogens with one attached hydrogen (secondary N) is 1. The number of amides is 2. The lowest BCUT2D eigenvalue weighted by Crippen LogP contribution is -2.43. The SMILES string of the molecule is Cc1ccc(NC(=O)C2CCCN(C(=O)c3ccc4ccccc4c3)C2)nc1. The van der Waals surface area contributed by atoms with Gasteiger partial charge in [0.2, 0.25) is 5.91 Å². The molecule has 2 amide bonds. The molecule has 2 heterocycles. The molecule has 0 saturated carbocycles. The first-order valence-electron chi connectivity index (χ1n) is 9.62. The molecule has 4 rings (SSSR count). The highest BCUT2D eigenvalue weighted by Crippen LogP contribution is 2.22. The molecule has 142 valence electrons. The number of benzene rings is 2. The number of aryl methyl sites for hydroxylation is 1. The van der Waals surface area contributed by atoms with Gasteiger partial charge in [0.15, 0.2) is 0 Å². The standard InChI is InChI=1S/C23H23N3O2/c1-16-8-11-21(24-14-16)25-22(27)20-7-4-12-26(15-20)23(28)19-10-9-17-5-2-3-6-18(17)13-19/h2-3,5-6,8-11,13-14,20H,4,7,12,15H2,1H3,(H,24,25,27). The maximum Gasteiger partial charge on any atom is 0.253 e. The lowest BCUT2D eigenvalue weighted by Gasteiger charge is -2.32. The van der Waals surface area contributed by atoms with Crippen LogP contribution in [0.15, 0.2) is 60.8 Å². The molecule has 1 aromatic heterocycles. The van der Waals surface area contributed by atoms with E-state index >= 15 is 0 Å². The molecule has 1 aliphatic heterocycles. The van der Waals surface area contributed by atoms with E-state index in [2.05, 4.69) is 10.3 Å². The molecule has 28 heavy (non-hydrogen) atoms. The van der Waals surface area contributed by atoms with Crippen LogP contribution in [0.3, 0.4) is 0 Å². The van der Waals surface area contributed by atoms with Crippen LogP contribution >= 0.6 is 0 Å². The number of aromatic nitrogens is 1. The van der Waals surface area contributed by atoms with E-state index in [1.165, 1.54) is 0 Å². The first-order chi connectivity index (χ1) is 13.6. The van der Waals surface area contributed by atoms with E-state index in [9.17, 15) is 9.59 Å². The fourth-order valence-electron chi connectivity index (χ4n) is 3.65. The summed E-state index contributed by atoms with van der Waals surface area (Å²) < 4.78 is 0. The number of nitrogens with zero attached hydrogens (tertiary/aromatic N) is 2. The second kappa shape index (κ2) is 7.80. The highest BCUT2D eigenvalue weighted by molar-refractivity contribution is 5.99. The minimum Gasteiger partial charge on any atom is -0.338 e. The highest BCUT2D eigenvalue weighted by Gasteiger charge is 2.29. The Balaban J connectivity index is 1.45. The van der Waals surface area contributed by atoms with Crippen LogP contribution in [0.25, 0.3) is 10.8 Å². The minimum absolute atomic E-state index is 0.0169. The van der Waals surface area contributed by atoms with Gasteiger partial charge in [-0.1, -0.05) is 36.4 Å². The Morgan fingerprint density at radius 2 is 1.89 bits per heavy atom. The van der Waals surface area contributed by atoms with Crippen molar-refractivity contribution in [3.05, 3.63) is 71.9 Å². The molecule has 1 fully saturated rings. The molecule has 0 spiro atoms. The van der Waals surface area contributed by atoms with Crippen molar-refractivity contribution in [3.63, 3.8) is 0 Å². The number of piperidine rings is 1. The van der Waals surface area contributed by atoms with E-state index in [4.69, 9.17) is 0 Å². The van der Waals surface area contributed by atoms with E-state index in [1.807, 2.05) is 55.5 Å². The maximum atomic E-state index is 13.0. The van der Waals surface area contributed by atoms with E-state index in [0.717, 1.165) is 29.2 Å². The van der Waals surface area contributed by atoms with Gasteiger partial charge in [0, 0.05) is 24.8 Å². The maximum absolute atomic E-state index is 13.0.